The van der Waals surface area contributed by atoms with E-state index in [1.807, 2.05) is 25.1 Å². The summed E-state index contributed by atoms with van der Waals surface area (Å²) in [6, 6.07) is 8.08. The second-order valence-electron chi connectivity index (χ2n) is 6.88. The zero-order chi connectivity index (χ0) is 17.8. The fraction of sp³-hybridized carbons (Fsp3) is 0.579. The fourth-order valence-corrected chi connectivity index (χ4v) is 3.68. The van der Waals surface area contributed by atoms with Crippen molar-refractivity contribution in [3.8, 4) is 5.75 Å². The molecule has 0 unspecified atom stereocenters. The van der Waals surface area contributed by atoms with Gasteiger partial charge in [0, 0.05) is 50.9 Å². The third-order valence-corrected chi connectivity index (χ3v) is 5.24. The molecule has 136 valence electrons. The van der Waals surface area contributed by atoms with Crippen LogP contribution in [0.25, 0.3) is 0 Å². The molecule has 0 aliphatic carbocycles. The molecule has 2 atom stereocenters. The summed E-state index contributed by atoms with van der Waals surface area (Å²) < 4.78 is 5.29. The predicted octanol–water partition coefficient (Wildman–Crippen LogP) is 1.51. The van der Waals surface area contributed by atoms with Crippen LogP contribution in [0.15, 0.2) is 24.3 Å². The summed E-state index contributed by atoms with van der Waals surface area (Å²) in [6.07, 6.45) is 1.41. The van der Waals surface area contributed by atoms with Gasteiger partial charge in [-0.05, 0) is 31.4 Å². The van der Waals surface area contributed by atoms with Crippen molar-refractivity contribution in [1.29, 1.82) is 0 Å². The van der Waals surface area contributed by atoms with Gasteiger partial charge in [0.2, 0.25) is 11.8 Å². The molecule has 0 radical (unpaired) electrons. The Hall–Kier alpha value is -2.24. The number of carbonyl (C=O) groups excluding carboxylic acids is 2. The first kappa shape index (κ1) is 17.6. The summed E-state index contributed by atoms with van der Waals surface area (Å²) in [4.78, 5) is 28.2. The molecule has 6 nitrogen and oxygen atoms in total. The number of nitrogens with zero attached hydrogens (tertiary/aromatic N) is 2. The van der Waals surface area contributed by atoms with Crippen LogP contribution in [0.2, 0.25) is 0 Å². The minimum Gasteiger partial charge on any atom is -0.497 e. The summed E-state index contributed by atoms with van der Waals surface area (Å²) in [6.45, 7) is 5.78. The maximum absolute atomic E-state index is 12.3. The molecular formula is C19H27N3O3. The zero-order valence-corrected chi connectivity index (χ0v) is 15.0. The Balaban J connectivity index is 1.47. The van der Waals surface area contributed by atoms with Gasteiger partial charge in [0.15, 0.2) is 0 Å². The first-order chi connectivity index (χ1) is 12.1. The van der Waals surface area contributed by atoms with E-state index < -0.39 is 0 Å². The summed E-state index contributed by atoms with van der Waals surface area (Å²) in [5, 5.41) is 3.06. The van der Waals surface area contributed by atoms with E-state index in [9.17, 15) is 9.59 Å². The van der Waals surface area contributed by atoms with E-state index in [0.717, 1.165) is 30.9 Å². The van der Waals surface area contributed by atoms with E-state index in [4.69, 9.17) is 4.74 Å². The molecule has 2 heterocycles. The Morgan fingerprint density at radius 2 is 2.20 bits per heavy atom. The number of methoxy groups -OCH3 is 1. The molecule has 6 heteroatoms. The van der Waals surface area contributed by atoms with Crippen molar-refractivity contribution in [1.82, 2.24) is 10.2 Å². The van der Waals surface area contributed by atoms with Crippen molar-refractivity contribution < 1.29 is 14.3 Å². The Labute approximate surface area is 149 Å². The molecule has 2 aliphatic rings. The second-order valence-corrected chi connectivity index (χ2v) is 6.88. The minimum absolute atomic E-state index is 0.0177. The van der Waals surface area contributed by atoms with Crippen LogP contribution in [-0.2, 0) is 9.59 Å². The van der Waals surface area contributed by atoms with Crippen molar-refractivity contribution in [3.05, 3.63) is 24.3 Å². The highest BCUT2D eigenvalue weighted by Crippen LogP contribution is 2.26. The lowest BCUT2D eigenvalue weighted by Gasteiger charge is -2.20. The SMILES string of the molecule is CCN1C[C@H](C(=O)NC[C@@H]2CCN(c3cccc(OC)c3)C2)CC1=O. The van der Waals surface area contributed by atoms with Crippen molar-refractivity contribution in [3.63, 3.8) is 0 Å². The van der Waals surface area contributed by atoms with E-state index in [1.54, 1.807) is 12.0 Å². The smallest absolute Gasteiger partial charge is 0.225 e. The van der Waals surface area contributed by atoms with E-state index in [0.29, 0.717) is 32.0 Å². The Morgan fingerprint density at radius 3 is 2.92 bits per heavy atom. The lowest BCUT2D eigenvalue weighted by Crippen LogP contribution is -2.36. The van der Waals surface area contributed by atoms with Crippen LogP contribution >= 0.6 is 0 Å². The topological polar surface area (TPSA) is 61.9 Å². The maximum atomic E-state index is 12.3. The maximum Gasteiger partial charge on any atom is 0.225 e. The lowest BCUT2D eigenvalue weighted by molar-refractivity contribution is -0.128. The highest BCUT2D eigenvalue weighted by atomic mass is 16.5. The summed E-state index contributed by atoms with van der Waals surface area (Å²) in [5.41, 5.74) is 1.16. The van der Waals surface area contributed by atoms with Gasteiger partial charge in [-0.1, -0.05) is 6.07 Å². The van der Waals surface area contributed by atoms with Crippen LogP contribution in [0.5, 0.6) is 5.75 Å². The molecule has 3 rings (SSSR count). The molecule has 2 saturated heterocycles. The van der Waals surface area contributed by atoms with Gasteiger partial charge in [0.25, 0.3) is 0 Å². The number of likely N-dealkylation sites (tertiary alicyclic amines) is 1. The number of anilines is 1. The van der Waals surface area contributed by atoms with Gasteiger partial charge >= 0.3 is 0 Å². The summed E-state index contributed by atoms with van der Waals surface area (Å²) >= 11 is 0. The number of amides is 2. The molecule has 1 aromatic carbocycles. The zero-order valence-electron chi connectivity index (χ0n) is 15.0. The summed E-state index contributed by atoms with van der Waals surface area (Å²) in [5.74, 6) is 1.22. The average molecular weight is 345 g/mol. The number of carbonyl (C=O) groups is 2. The standard InChI is InChI=1S/C19H27N3O3/c1-3-21-13-15(9-18(21)23)19(24)20-11-14-7-8-22(12-14)16-5-4-6-17(10-16)25-2/h4-6,10,14-15H,3,7-9,11-13H2,1-2H3,(H,20,24)/t14-,15+/m0/s1. The number of nitrogens with one attached hydrogen (secondary N) is 1. The Bertz CT molecular complexity index is 634. The van der Waals surface area contributed by atoms with E-state index >= 15 is 0 Å². The molecule has 2 amide bonds. The van der Waals surface area contributed by atoms with Crippen molar-refractivity contribution in [2.45, 2.75) is 19.8 Å². The molecule has 25 heavy (non-hydrogen) atoms. The molecule has 0 bridgehead atoms. The van der Waals surface area contributed by atoms with Crippen molar-refractivity contribution in [2.24, 2.45) is 11.8 Å². The molecule has 0 aromatic heterocycles. The Morgan fingerprint density at radius 1 is 1.36 bits per heavy atom. The van der Waals surface area contributed by atoms with Gasteiger partial charge < -0.3 is 19.9 Å². The fourth-order valence-electron chi connectivity index (χ4n) is 3.68. The number of ether oxygens (including phenoxy) is 1. The van der Waals surface area contributed by atoms with Crippen LogP contribution in [0.4, 0.5) is 5.69 Å². The van der Waals surface area contributed by atoms with Gasteiger partial charge in [0.05, 0.1) is 13.0 Å². The first-order valence-electron chi connectivity index (χ1n) is 9.05. The largest absolute Gasteiger partial charge is 0.497 e. The van der Waals surface area contributed by atoms with Crippen LogP contribution in [-0.4, -0.2) is 56.5 Å². The molecule has 2 fully saturated rings. The van der Waals surface area contributed by atoms with Crippen LogP contribution in [0.1, 0.15) is 19.8 Å². The van der Waals surface area contributed by atoms with Gasteiger partial charge in [-0.2, -0.15) is 0 Å². The van der Waals surface area contributed by atoms with E-state index in [1.165, 1.54) is 0 Å². The first-order valence-corrected chi connectivity index (χ1v) is 9.05. The predicted molar refractivity (Wildman–Crippen MR) is 96.7 cm³/mol. The highest BCUT2D eigenvalue weighted by Gasteiger charge is 2.33. The van der Waals surface area contributed by atoms with E-state index in [-0.39, 0.29) is 17.7 Å². The number of hydrogen-bond donors (Lipinski definition) is 1. The average Bonchev–Trinajstić information content (AvgIpc) is 3.26. The Kier molecular flexibility index (Phi) is 5.46. The van der Waals surface area contributed by atoms with E-state index in [2.05, 4.69) is 16.3 Å². The van der Waals surface area contributed by atoms with Gasteiger partial charge in [-0.25, -0.2) is 0 Å². The normalized spacial score (nSPS) is 23.2. The van der Waals surface area contributed by atoms with Crippen LogP contribution in [0.3, 0.4) is 0 Å². The van der Waals surface area contributed by atoms with Crippen molar-refractivity contribution in [2.75, 3.05) is 44.7 Å². The number of rotatable bonds is 6. The van der Waals surface area contributed by atoms with Crippen LogP contribution < -0.4 is 15.0 Å². The third kappa shape index (κ3) is 4.06. The minimum atomic E-state index is -0.191. The monoisotopic (exact) mass is 345 g/mol. The molecule has 1 N–H and O–H groups in total. The van der Waals surface area contributed by atoms with Gasteiger partial charge in [0.1, 0.15) is 5.75 Å². The molecular weight excluding hydrogens is 318 g/mol. The lowest BCUT2D eigenvalue weighted by atomic mass is 10.1. The van der Waals surface area contributed by atoms with Crippen LogP contribution in [0, 0.1) is 11.8 Å². The number of benzene rings is 1. The quantitative estimate of drug-likeness (QED) is 0.849. The highest BCUT2D eigenvalue weighted by molar-refractivity contribution is 5.89. The molecule has 0 saturated carbocycles. The number of hydrogen-bond acceptors (Lipinski definition) is 4. The second kappa shape index (κ2) is 7.76. The van der Waals surface area contributed by atoms with Crippen molar-refractivity contribution >= 4 is 17.5 Å². The molecule has 2 aliphatic heterocycles. The third-order valence-electron chi connectivity index (χ3n) is 5.24. The van der Waals surface area contributed by atoms with Gasteiger partial charge in [-0.3, -0.25) is 9.59 Å². The van der Waals surface area contributed by atoms with Gasteiger partial charge in [-0.15, -0.1) is 0 Å². The molecule has 0 spiro atoms. The summed E-state index contributed by atoms with van der Waals surface area (Å²) in [7, 11) is 1.68. The molecule has 1 aromatic rings.